The number of rotatable bonds is 16. The maximum Gasteiger partial charge on any atom is 0.139 e. The van der Waals surface area contributed by atoms with Crippen molar-refractivity contribution in [2.75, 3.05) is 12.8 Å². The van der Waals surface area contributed by atoms with Crippen molar-refractivity contribution in [3.05, 3.63) is 22.7 Å². The predicted molar refractivity (Wildman–Crippen MR) is 122 cm³/mol. The highest BCUT2D eigenvalue weighted by Gasteiger charge is 2.21. The molecule has 4 heteroatoms. The van der Waals surface area contributed by atoms with Gasteiger partial charge in [-0.2, -0.15) is 0 Å². The van der Waals surface area contributed by atoms with Crippen LogP contribution in [0.2, 0.25) is 5.02 Å². The average Bonchev–Trinajstić information content (AvgIpc) is 2.68. The van der Waals surface area contributed by atoms with E-state index >= 15 is 0 Å². The van der Waals surface area contributed by atoms with E-state index in [9.17, 15) is 4.79 Å². The van der Waals surface area contributed by atoms with Gasteiger partial charge in [-0.15, -0.1) is 0 Å². The first-order valence-electron chi connectivity index (χ1n) is 11.1. The summed E-state index contributed by atoms with van der Waals surface area (Å²) in [6.45, 7) is 3.91. The molecule has 1 atom stereocenters. The zero-order chi connectivity index (χ0) is 20.8. The summed E-state index contributed by atoms with van der Waals surface area (Å²) in [5.74, 6) is 0.526. The minimum atomic E-state index is -0.175. The molecule has 28 heavy (non-hydrogen) atoms. The van der Waals surface area contributed by atoms with Crippen LogP contribution in [0, 0.1) is 0 Å². The Morgan fingerprint density at radius 1 is 0.964 bits per heavy atom. The van der Waals surface area contributed by atoms with E-state index < -0.39 is 0 Å². The molecule has 0 heterocycles. The number of carbonyl (C=O) groups excluding carboxylic acids is 1. The molecular weight excluding hydrogens is 370 g/mol. The molecule has 0 aliphatic rings. The SMILES string of the molecule is CCCCCCCCCCCCCCC(C(C)=O)c1ccc(OC)c(Cl)c1N. The molecule has 0 saturated heterocycles. The number of ketones is 1. The van der Waals surface area contributed by atoms with Crippen LogP contribution in [0.25, 0.3) is 0 Å². The number of halogens is 1. The molecule has 1 rings (SSSR count). The summed E-state index contributed by atoms with van der Waals surface area (Å²) in [5, 5.41) is 0.404. The third kappa shape index (κ3) is 8.86. The molecule has 0 saturated carbocycles. The molecule has 0 aliphatic heterocycles. The summed E-state index contributed by atoms with van der Waals surface area (Å²) < 4.78 is 5.20. The Labute approximate surface area is 177 Å². The standard InChI is InChI=1S/C24H40ClNO2/c1-4-5-6-7-8-9-10-11-12-13-14-15-16-20(19(2)27)21-17-18-22(28-3)23(25)24(21)26/h17-18,20H,4-16,26H2,1-3H3. The molecule has 1 unspecified atom stereocenters. The van der Waals surface area contributed by atoms with Crippen molar-refractivity contribution in [3.63, 3.8) is 0 Å². The number of hydrogen-bond acceptors (Lipinski definition) is 3. The Hall–Kier alpha value is -1.22. The third-order valence-corrected chi connectivity index (χ3v) is 6.00. The molecule has 0 spiro atoms. The summed E-state index contributed by atoms with van der Waals surface area (Å²) in [6.07, 6.45) is 16.6. The highest BCUT2D eigenvalue weighted by atomic mass is 35.5. The Bertz CT molecular complexity index is 574. The summed E-state index contributed by atoms with van der Waals surface area (Å²) in [5.41, 5.74) is 7.48. The van der Waals surface area contributed by atoms with Crippen molar-refractivity contribution in [1.29, 1.82) is 0 Å². The zero-order valence-electron chi connectivity index (χ0n) is 18.2. The number of Topliss-reactive ketones (excluding diaryl/α,β-unsaturated/α-hetero) is 1. The summed E-state index contributed by atoms with van der Waals surface area (Å²) in [4.78, 5) is 12.2. The largest absolute Gasteiger partial charge is 0.495 e. The number of methoxy groups -OCH3 is 1. The highest BCUT2D eigenvalue weighted by molar-refractivity contribution is 6.34. The van der Waals surface area contributed by atoms with Crippen LogP contribution in [0.4, 0.5) is 5.69 Å². The van der Waals surface area contributed by atoms with Gasteiger partial charge in [0, 0.05) is 5.92 Å². The number of hydrogen-bond donors (Lipinski definition) is 1. The van der Waals surface area contributed by atoms with Gasteiger partial charge in [0.25, 0.3) is 0 Å². The van der Waals surface area contributed by atoms with E-state index in [0.717, 1.165) is 18.4 Å². The van der Waals surface area contributed by atoms with Crippen LogP contribution in [0.15, 0.2) is 12.1 Å². The number of anilines is 1. The quantitative estimate of drug-likeness (QED) is 0.225. The van der Waals surface area contributed by atoms with E-state index in [2.05, 4.69) is 6.92 Å². The molecule has 0 amide bonds. The Morgan fingerprint density at radius 2 is 1.46 bits per heavy atom. The molecule has 3 nitrogen and oxygen atoms in total. The van der Waals surface area contributed by atoms with E-state index in [0.29, 0.717) is 16.5 Å². The second kappa shape index (κ2) is 14.7. The van der Waals surface area contributed by atoms with Crippen LogP contribution in [-0.4, -0.2) is 12.9 Å². The Balaban J connectivity index is 2.27. The lowest BCUT2D eigenvalue weighted by Gasteiger charge is -2.18. The molecule has 1 aromatic carbocycles. The number of nitrogens with two attached hydrogens (primary N) is 1. The van der Waals surface area contributed by atoms with E-state index in [1.54, 1.807) is 20.1 Å². The van der Waals surface area contributed by atoms with E-state index in [4.69, 9.17) is 22.1 Å². The lowest BCUT2D eigenvalue weighted by molar-refractivity contribution is -0.118. The Morgan fingerprint density at radius 3 is 1.93 bits per heavy atom. The second-order valence-corrected chi connectivity index (χ2v) is 8.30. The van der Waals surface area contributed by atoms with Gasteiger partial charge in [0.05, 0.1) is 12.8 Å². The van der Waals surface area contributed by atoms with Gasteiger partial charge in [0.1, 0.15) is 16.6 Å². The maximum absolute atomic E-state index is 12.2. The van der Waals surface area contributed by atoms with Crippen LogP contribution in [-0.2, 0) is 4.79 Å². The predicted octanol–water partition coefficient (Wildman–Crippen LogP) is 7.69. The van der Waals surface area contributed by atoms with Crippen LogP contribution in [0.5, 0.6) is 5.75 Å². The normalized spacial score (nSPS) is 12.1. The first kappa shape index (κ1) is 24.8. The van der Waals surface area contributed by atoms with Gasteiger partial charge < -0.3 is 10.5 Å². The number of benzene rings is 1. The molecular formula is C24H40ClNO2. The molecule has 2 N–H and O–H groups in total. The lowest BCUT2D eigenvalue weighted by Crippen LogP contribution is -2.12. The minimum absolute atomic E-state index is 0.149. The van der Waals surface area contributed by atoms with E-state index in [1.165, 1.54) is 70.6 Å². The second-order valence-electron chi connectivity index (χ2n) is 7.93. The van der Waals surface area contributed by atoms with Crippen LogP contribution < -0.4 is 10.5 Å². The fraction of sp³-hybridized carbons (Fsp3) is 0.708. The maximum atomic E-state index is 12.2. The van der Waals surface area contributed by atoms with Crippen molar-refractivity contribution < 1.29 is 9.53 Å². The molecule has 0 radical (unpaired) electrons. The summed E-state index contributed by atoms with van der Waals surface area (Å²) >= 11 is 6.27. The van der Waals surface area contributed by atoms with Gasteiger partial charge in [-0.05, 0) is 25.0 Å². The molecule has 0 aromatic heterocycles. The van der Waals surface area contributed by atoms with Crippen molar-refractivity contribution >= 4 is 23.1 Å². The fourth-order valence-corrected chi connectivity index (χ4v) is 4.07. The zero-order valence-corrected chi connectivity index (χ0v) is 19.0. The van der Waals surface area contributed by atoms with Crippen LogP contribution >= 0.6 is 11.6 Å². The summed E-state index contributed by atoms with van der Waals surface area (Å²) in [7, 11) is 1.56. The molecule has 160 valence electrons. The van der Waals surface area contributed by atoms with Crippen molar-refractivity contribution in [2.45, 2.75) is 103 Å². The van der Waals surface area contributed by atoms with Gasteiger partial charge in [0.2, 0.25) is 0 Å². The van der Waals surface area contributed by atoms with Crippen molar-refractivity contribution in [3.8, 4) is 5.75 Å². The average molecular weight is 410 g/mol. The van der Waals surface area contributed by atoms with E-state index in [-0.39, 0.29) is 11.7 Å². The highest BCUT2D eigenvalue weighted by Crippen LogP contribution is 2.38. The number of carbonyl (C=O) groups is 1. The molecule has 0 bridgehead atoms. The van der Waals surface area contributed by atoms with Gasteiger partial charge in [0.15, 0.2) is 0 Å². The first-order chi connectivity index (χ1) is 13.5. The molecule has 1 aromatic rings. The van der Waals surface area contributed by atoms with Gasteiger partial charge in [-0.1, -0.05) is 102 Å². The van der Waals surface area contributed by atoms with Crippen molar-refractivity contribution in [1.82, 2.24) is 0 Å². The van der Waals surface area contributed by atoms with Gasteiger partial charge >= 0.3 is 0 Å². The minimum Gasteiger partial charge on any atom is -0.495 e. The molecule has 0 aliphatic carbocycles. The monoisotopic (exact) mass is 409 g/mol. The smallest absolute Gasteiger partial charge is 0.139 e. The third-order valence-electron chi connectivity index (χ3n) is 5.61. The topological polar surface area (TPSA) is 52.3 Å². The van der Waals surface area contributed by atoms with Gasteiger partial charge in [-0.3, -0.25) is 4.79 Å². The van der Waals surface area contributed by atoms with E-state index in [1.807, 2.05) is 6.07 Å². The molecule has 0 fully saturated rings. The number of nitrogen functional groups attached to an aromatic ring is 1. The van der Waals surface area contributed by atoms with Crippen molar-refractivity contribution in [2.24, 2.45) is 0 Å². The van der Waals surface area contributed by atoms with Crippen LogP contribution in [0.3, 0.4) is 0 Å². The Kier molecular flexibility index (Phi) is 13.1. The van der Waals surface area contributed by atoms with Gasteiger partial charge in [-0.25, -0.2) is 0 Å². The first-order valence-corrected chi connectivity index (χ1v) is 11.5. The summed E-state index contributed by atoms with van der Waals surface area (Å²) in [6, 6.07) is 3.68. The number of ether oxygens (including phenoxy) is 1. The fourth-order valence-electron chi connectivity index (χ4n) is 3.82. The number of unbranched alkanes of at least 4 members (excludes halogenated alkanes) is 11. The lowest BCUT2D eigenvalue weighted by atomic mass is 9.88. The van der Waals surface area contributed by atoms with Crippen LogP contribution in [0.1, 0.15) is 109 Å².